The van der Waals surface area contributed by atoms with Crippen molar-refractivity contribution in [2.24, 2.45) is 0 Å². The molecule has 0 atom stereocenters. The molecule has 5 heteroatoms. The molecule has 0 spiro atoms. The Kier molecular flexibility index (Phi) is 4.04. The maximum absolute atomic E-state index is 5.77. The van der Waals surface area contributed by atoms with E-state index in [1.54, 1.807) is 6.20 Å². The van der Waals surface area contributed by atoms with Crippen molar-refractivity contribution < 1.29 is 4.74 Å². The molecule has 0 saturated heterocycles. The Hall–Kier alpha value is -2.04. The molecule has 0 aliphatic carbocycles. The molecule has 0 fully saturated rings. The van der Waals surface area contributed by atoms with E-state index in [0.29, 0.717) is 19.1 Å². The molecule has 5 nitrogen and oxygen atoms in total. The lowest BCUT2D eigenvalue weighted by Crippen LogP contribution is -2.13. The second-order valence-corrected chi connectivity index (χ2v) is 4.90. The fourth-order valence-electron chi connectivity index (χ4n) is 1.87. The van der Waals surface area contributed by atoms with Gasteiger partial charge in [-0.3, -0.25) is 0 Å². The summed E-state index contributed by atoms with van der Waals surface area (Å²) >= 11 is 0. The molecule has 1 aromatic heterocycles. The molecule has 0 radical (unpaired) electrons. The highest BCUT2D eigenvalue weighted by atomic mass is 16.5. The van der Waals surface area contributed by atoms with Gasteiger partial charge in [-0.05, 0) is 36.6 Å². The van der Waals surface area contributed by atoms with Crippen LogP contribution in [0.3, 0.4) is 0 Å². The Morgan fingerprint density at radius 3 is 2.84 bits per heavy atom. The van der Waals surface area contributed by atoms with E-state index in [1.807, 2.05) is 29.8 Å². The third kappa shape index (κ3) is 3.24. The van der Waals surface area contributed by atoms with Crippen molar-refractivity contribution >= 4 is 5.69 Å². The van der Waals surface area contributed by atoms with Crippen LogP contribution in [-0.4, -0.2) is 21.6 Å². The third-order valence-corrected chi connectivity index (χ3v) is 3.05. The zero-order chi connectivity index (χ0) is 13.8. The van der Waals surface area contributed by atoms with Crippen LogP contribution in [0.1, 0.15) is 31.0 Å². The first-order valence-electron chi connectivity index (χ1n) is 6.45. The van der Waals surface area contributed by atoms with Crippen LogP contribution < -0.4 is 10.5 Å². The Morgan fingerprint density at radius 1 is 1.37 bits per heavy atom. The molecule has 2 rings (SSSR count). The molecular formula is C14H20N4O. The van der Waals surface area contributed by atoms with E-state index in [0.717, 1.165) is 22.7 Å². The second-order valence-electron chi connectivity index (χ2n) is 4.90. The summed E-state index contributed by atoms with van der Waals surface area (Å²) in [5.41, 5.74) is 8.70. The molecule has 0 amide bonds. The molecule has 2 aromatic rings. The molecule has 0 saturated carbocycles. The zero-order valence-corrected chi connectivity index (χ0v) is 11.6. The third-order valence-electron chi connectivity index (χ3n) is 3.05. The Balaban J connectivity index is 1.92. The highest BCUT2D eigenvalue weighted by molar-refractivity contribution is 5.49. The lowest BCUT2D eigenvalue weighted by molar-refractivity contribution is 0.286. The molecule has 0 bridgehead atoms. The molecule has 1 heterocycles. The fraction of sp³-hybridized carbons (Fsp3) is 0.429. The van der Waals surface area contributed by atoms with Gasteiger partial charge in [0.05, 0.1) is 18.4 Å². The van der Waals surface area contributed by atoms with E-state index >= 15 is 0 Å². The van der Waals surface area contributed by atoms with Gasteiger partial charge in [-0.1, -0.05) is 19.1 Å². The number of ether oxygens (including phenoxy) is 1. The standard InChI is InChI=1S/C14H20N4O/c1-10(2)14-9-16-17-18(14)6-7-19-12-4-5-13(15)11(3)8-12/h4-5,8-10H,6-7,15H2,1-3H3. The van der Waals surface area contributed by atoms with Crippen molar-refractivity contribution in [1.29, 1.82) is 0 Å². The smallest absolute Gasteiger partial charge is 0.119 e. The molecule has 0 unspecified atom stereocenters. The van der Waals surface area contributed by atoms with Crippen LogP contribution in [0.25, 0.3) is 0 Å². The van der Waals surface area contributed by atoms with Crippen LogP contribution in [0, 0.1) is 6.92 Å². The maximum Gasteiger partial charge on any atom is 0.119 e. The number of rotatable bonds is 5. The van der Waals surface area contributed by atoms with Crippen molar-refractivity contribution in [3.8, 4) is 5.75 Å². The quantitative estimate of drug-likeness (QED) is 0.838. The van der Waals surface area contributed by atoms with Gasteiger partial charge in [0, 0.05) is 5.69 Å². The van der Waals surface area contributed by atoms with Gasteiger partial charge in [-0.2, -0.15) is 0 Å². The molecule has 1 aromatic carbocycles. The number of benzene rings is 1. The molecule has 102 valence electrons. The number of anilines is 1. The number of aromatic nitrogens is 3. The first-order chi connectivity index (χ1) is 9.08. The summed E-state index contributed by atoms with van der Waals surface area (Å²) in [6.07, 6.45) is 1.80. The van der Waals surface area contributed by atoms with Crippen LogP contribution in [0.2, 0.25) is 0 Å². The zero-order valence-electron chi connectivity index (χ0n) is 11.6. The normalized spacial score (nSPS) is 10.9. The summed E-state index contributed by atoms with van der Waals surface area (Å²) in [6, 6.07) is 5.69. The van der Waals surface area contributed by atoms with Crippen LogP contribution in [0.4, 0.5) is 5.69 Å². The largest absolute Gasteiger partial charge is 0.492 e. The van der Waals surface area contributed by atoms with Gasteiger partial charge in [0.1, 0.15) is 12.4 Å². The second kappa shape index (κ2) is 5.73. The van der Waals surface area contributed by atoms with Crippen molar-refractivity contribution in [2.45, 2.75) is 33.2 Å². The number of nitrogen functional groups attached to an aromatic ring is 1. The fourth-order valence-corrected chi connectivity index (χ4v) is 1.87. The molecular weight excluding hydrogens is 240 g/mol. The Morgan fingerprint density at radius 2 is 2.16 bits per heavy atom. The van der Waals surface area contributed by atoms with Gasteiger partial charge in [0.15, 0.2) is 0 Å². The lowest BCUT2D eigenvalue weighted by atomic mass is 10.1. The van der Waals surface area contributed by atoms with Crippen LogP contribution in [0.15, 0.2) is 24.4 Å². The minimum Gasteiger partial charge on any atom is -0.492 e. The topological polar surface area (TPSA) is 66.0 Å². The average molecular weight is 260 g/mol. The molecule has 0 aliphatic heterocycles. The van der Waals surface area contributed by atoms with Crippen LogP contribution >= 0.6 is 0 Å². The van der Waals surface area contributed by atoms with E-state index in [9.17, 15) is 0 Å². The van der Waals surface area contributed by atoms with E-state index < -0.39 is 0 Å². The maximum atomic E-state index is 5.77. The summed E-state index contributed by atoms with van der Waals surface area (Å²) in [5, 5.41) is 8.00. The number of hydrogen-bond acceptors (Lipinski definition) is 4. The van der Waals surface area contributed by atoms with Crippen molar-refractivity contribution in [3.05, 3.63) is 35.7 Å². The minimum atomic E-state index is 0.411. The summed E-state index contributed by atoms with van der Waals surface area (Å²) in [6.45, 7) is 7.47. The van der Waals surface area contributed by atoms with Crippen molar-refractivity contribution in [2.75, 3.05) is 12.3 Å². The first-order valence-corrected chi connectivity index (χ1v) is 6.45. The predicted octanol–water partition coefficient (Wildman–Crippen LogP) is 2.37. The van der Waals surface area contributed by atoms with Gasteiger partial charge in [0.2, 0.25) is 0 Å². The highest BCUT2D eigenvalue weighted by Gasteiger charge is 2.07. The van der Waals surface area contributed by atoms with Gasteiger partial charge in [-0.25, -0.2) is 4.68 Å². The molecule has 19 heavy (non-hydrogen) atoms. The summed E-state index contributed by atoms with van der Waals surface area (Å²) < 4.78 is 7.59. The Labute approximate surface area is 113 Å². The Bertz CT molecular complexity index is 548. The number of nitrogens with zero attached hydrogens (tertiary/aromatic N) is 3. The van der Waals surface area contributed by atoms with Crippen molar-refractivity contribution in [1.82, 2.24) is 15.0 Å². The number of hydrogen-bond donors (Lipinski definition) is 1. The molecule has 2 N–H and O–H groups in total. The van der Waals surface area contributed by atoms with Crippen LogP contribution in [0.5, 0.6) is 5.75 Å². The number of nitrogens with two attached hydrogens (primary N) is 1. The van der Waals surface area contributed by atoms with Crippen molar-refractivity contribution in [3.63, 3.8) is 0 Å². The summed E-state index contributed by atoms with van der Waals surface area (Å²) in [4.78, 5) is 0. The first kappa shape index (κ1) is 13.4. The molecule has 0 aliphatic rings. The summed E-state index contributed by atoms with van der Waals surface area (Å²) in [7, 11) is 0. The SMILES string of the molecule is Cc1cc(OCCn2nncc2C(C)C)ccc1N. The van der Waals surface area contributed by atoms with E-state index in [1.165, 1.54) is 0 Å². The van der Waals surface area contributed by atoms with E-state index in [2.05, 4.69) is 24.2 Å². The average Bonchev–Trinajstić information content (AvgIpc) is 2.82. The summed E-state index contributed by atoms with van der Waals surface area (Å²) in [5.74, 6) is 1.24. The van der Waals surface area contributed by atoms with Gasteiger partial charge < -0.3 is 10.5 Å². The predicted molar refractivity (Wildman–Crippen MR) is 75.2 cm³/mol. The highest BCUT2D eigenvalue weighted by Crippen LogP contribution is 2.18. The van der Waals surface area contributed by atoms with Gasteiger partial charge in [-0.15, -0.1) is 5.10 Å². The minimum absolute atomic E-state index is 0.411. The number of aryl methyl sites for hydroxylation is 1. The van der Waals surface area contributed by atoms with Crippen LogP contribution in [-0.2, 0) is 6.54 Å². The lowest BCUT2D eigenvalue weighted by Gasteiger charge is -2.11. The van der Waals surface area contributed by atoms with E-state index in [4.69, 9.17) is 10.5 Å². The van der Waals surface area contributed by atoms with E-state index in [-0.39, 0.29) is 0 Å². The van der Waals surface area contributed by atoms with Gasteiger partial charge >= 0.3 is 0 Å². The monoisotopic (exact) mass is 260 g/mol. The van der Waals surface area contributed by atoms with Gasteiger partial charge in [0.25, 0.3) is 0 Å².